The van der Waals surface area contributed by atoms with E-state index in [4.69, 9.17) is 0 Å². The lowest BCUT2D eigenvalue weighted by Crippen LogP contribution is -2.39. The van der Waals surface area contributed by atoms with E-state index in [1.54, 1.807) is 0 Å². The number of Topliss-reactive ketones (excluding diaryl/α,β-unsaturated/α-hetero) is 1. The molecule has 1 aromatic rings. The van der Waals surface area contributed by atoms with Crippen molar-refractivity contribution < 1.29 is 4.79 Å². The molecule has 1 saturated carbocycles. The van der Waals surface area contributed by atoms with Crippen molar-refractivity contribution in [3.63, 3.8) is 0 Å². The highest BCUT2D eigenvalue weighted by molar-refractivity contribution is 6.02. The number of hydrogen-bond acceptors (Lipinski definition) is 2. The lowest BCUT2D eigenvalue weighted by atomic mass is 9.63. The van der Waals surface area contributed by atoms with Crippen LogP contribution in [0, 0.1) is 22.7 Å². The van der Waals surface area contributed by atoms with Crippen molar-refractivity contribution in [1.82, 2.24) is 0 Å². The first kappa shape index (κ1) is 10.5. The molecule has 0 aromatic heterocycles. The molecule has 1 fully saturated rings. The molecule has 3 rings (SSSR count). The van der Waals surface area contributed by atoms with Gasteiger partial charge in [-0.15, -0.1) is 0 Å². The Labute approximate surface area is 101 Å². The Morgan fingerprint density at radius 1 is 1.24 bits per heavy atom. The summed E-state index contributed by atoms with van der Waals surface area (Å²) in [6, 6.07) is 10.1. The highest BCUT2D eigenvalue weighted by Gasteiger charge is 2.48. The summed E-state index contributed by atoms with van der Waals surface area (Å²) in [7, 11) is 0. The molecule has 2 heteroatoms. The zero-order valence-electron chi connectivity index (χ0n) is 9.78. The van der Waals surface area contributed by atoms with Crippen LogP contribution in [0.5, 0.6) is 0 Å². The molecule has 0 aliphatic heterocycles. The molecule has 1 spiro atoms. The fraction of sp³-hybridized carbons (Fsp3) is 0.467. The van der Waals surface area contributed by atoms with Crippen LogP contribution in [-0.4, -0.2) is 5.78 Å². The number of fused-ring (bicyclic) bond motifs is 1. The Kier molecular flexibility index (Phi) is 2.29. The first-order valence-electron chi connectivity index (χ1n) is 6.29. The zero-order valence-corrected chi connectivity index (χ0v) is 9.78. The van der Waals surface area contributed by atoms with E-state index in [1.807, 2.05) is 24.3 Å². The molecule has 0 N–H and O–H groups in total. The van der Waals surface area contributed by atoms with E-state index >= 15 is 0 Å². The van der Waals surface area contributed by atoms with Crippen LogP contribution in [0.1, 0.15) is 41.6 Å². The van der Waals surface area contributed by atoms with Crippen LogP contribution in [0.25, 0.3) is 0 Å². The van der Waals surface area contributed by atoms with E-state index in [-0.39, 0.29) is 11.2 Å². The van der Waals surface area contributed by atoms with Gasteiger partial charge in [0.15, 0.2) is 5.78 Å². The van der Waals surface area contributed by atoms with Gasteiger partial charge in [-0.05, 0) is 30.2 Å². The van der Waals surface area contributed by atoms with Crippen molar-refractivity contribution in [2.75, 3.05) is 0 Å². The van der Waals surface area contributed by atoms with Crippen LogP contribution in [-0.2, 0) is 6.42 Å². The summed E-state index contributed by atoms with van der Waals surface area (Å²) in [4.78, 5) is 12.4. The quantitative estimate of drug-likeness (QED) is 0.680. The maximum absolute atomic E-state index is 12.4. The summed E-state index contributed by atoms with van der Waals surface area (Å²) in [5.41, 5.74) is 1.86. The number of nitriles is 1. The summed E-state index contributed by atoms with van der Waals surface area (Å²) in [5.74, 6) is -0.365. The van der Waals surface area contributed by atoms with Crippen molar-refractivity contribution in [2.24, 2.45) is 11.3 Å². The van der Waals surface area contributed by atoms with Gasteiger partial charge in [0.2, 0.25) is 0 Å². The molecule has 2 aliphatic carbocycles. The second-order valence-corrected chi connectivity index (χ2v) is 5.33. The highest BCUT2D eigenvalue weighted by atomic mass is 16.1. The largest absolute Gasteiger partial charge is 0.293 e. The van der Waals surface area contributed by atoms with E-state index in [2.05, 4.69) is 6.07 Å². The maximum atomic E-state index is 12.4. The van der Waals surface area contributed by atoms with Crippen LogP contribution in [0.2, 0.25) is 0 Å². The van der Waals surface area contributed by atoms with Gasteiger partial charge in [0, 0.05) is 5.56 Å². The van der Waals surface area contributed by atoms with Gasteiger partial charge in [-0.25, -0.2) is 0 Å². The van der Waals surface area contributed by atoms with Crippen LogP contribution >= 0.6 is 0 Å². The summed E-state index contributed by atoms with van der Waals surface area (Å²) < 4.78 is 0. The van der Waals surface area contributed by atoms with Gasteiger partial charge in [-0.3, -0.25) is 4.79 Å². The third kappa shape index (κ3) is 1.42. The molecule has 1 atom stereocenters. The number of nitrogens with zero attached hydrogens (tertiary/aromatic N) is 1. The van der Waals surface area contributed by atoms with E-state index in [1.165, 1.54) is 0 Å². The van der Waals surface area contributed by atoms with Crippen LogP contribution in [0.15, 0.2) is 24.3 Å². The second-order valence-electron chi connectivity index (χ2n) is 5.33. The summed E-state index contributed by atoms with van der Waals surface area (Å²) >= 11 is 0. The molecule has 0 amide bonds. The molecule has 2 aliphatic rings. The van der Waals surface area contributed by atoms with E-state index in [9.17, 15) is 10.1 Å². The molecule has 0 heterocycles. The summed E-state index contributed by atoms with van der Waals surface area (Å²) in [6.07, 6.45) is 5.30. The Balaban J connectivity index is 2.12. The van der Waals surface area contributed by atoms with Crippen molar-refractivity contribution in [3.8, 4) is 6.07 Å². The fourth-order valence-corrected chi connectivity index (χ4v) is 3.57. The predicted molar refractivity (Wildman–Crippen MR) is 64.5 cm³/mol. The van der Waals surface area contributed by atoms with Gasteiger partial charge < -0.3 is 0 Å². The van der Waals surface area contributed by atoms with Crippen LogP contribution in [0.3, 0.4) is 0 Å². The summed E-state index contributed by atoms with van der Waals surface area (Å²) in [5, 5.41) is 9.34. The monoisotopic (exact) mass is 225 g/mol. The lowest BCUT2D eigenvalue weighted by Gasteiger charge is -2.37. The second kappa shape index (κ2) is 3.70. The molecular weight excluding hydrogens is 210 g/mol. The summed E-state index contributed by atoms with van der Waals surface area (Å²) in [6.45, 7) is 0. The smallest absolute Gasteiger partial charge is 0.180 e. The number of hydrogen-bond donors (Lipinski definition) is 0. The predicted octanol–water partition coefficient (Wildman–Crippen LogP) is 3.13. The zero-order chi connectivity index (χ0) is 11.9. The lowest BCUT2D eigenvalue weighted by molar-refractivity contribution is 0.0795. The molecule has 0 bridgehead atoms. The molecule has 86 valence electrons. The van der Waals surface area contributed by atoms with E-state index in [0.717, 1.165) is 43.2 Å². The van der Waals surface area contributed by atoms with E-state index < -0.39 is 5.92 Å². The molecule has 17 heavy (non-hydrogen) atoms. The minimum atomic E-state index is -0.417. The Bertz CT molecular complexity index is 506. The van der Waals surface area contributed by atoms with Gasteiger partial charge in [-0.1, -0.05) is 37.1 Å². The van der Waals surface area contributed by atoms with Gasteiger partial charge in [0.1, 0.15) is 5.92 Å². The Hall–Kier alpha value is -1.62. The maximum Gasteiger partial charge on any atom is 0.180 e. The molecule has 1 unspecified atom stereocenters. The van der Waals surface area contributed by atoms with Gasteiger partial charge >= 0.3 is 0 Å². The van der Waals surface area contributed by atoms with Crippen LogP contribution in [0.4, 0.5) is 0 Å². The van der Waals surface area contributed by atoms with Crippen molar-refractivity contribution in [3.05, 3.63) is 35.4 Å². The van der Waals surface area contributed by atoms with Crippen LogP contribution < -0.4 is 0 Å². The number of benzene rings is 1. The molecule has 1 aromatic carbocycles. The minimum absolute atomic E-state index is 0.0521. The molecule has 0 radical (unpaired) electrons. The van der Waals surface area contributed by atoms with Crippen molar-refractivity contribution in [1.29, 1.82) is 5.26 Å². The van der Waals surface area contributed by atoms with Crippen molar-refractivity contribution >= 4 is 5.78 Å². The Morgan fingerprint density at radius 3 is 2.65 bits per heavy atom. The SMILES string of the molecule is N#CC1C(=O)c2ccccc2CC12CCCC2. The Morgan fingerprint density at radius 2 is 1.94 bits per heavy atom. The van der Waals surface area contributed by atoms with Gasteiger partial charge in [0.25, 0.3) is 0 Å². The number of carbonyl (C=O) groups excluding carboxylic acids is 1. The minimum Gasteiger partial charge on any atom is -0.293 e. The molecule has 0 saturated heterocycles. The first-order valence-corrected chi connectivity index (χ1v) is 6.29. The topological polar surface area (TPSA) is 40.9 Å². The number of rotatable bonds is 0. The average Bonchev–Trinajstić information content (AvgIpc) is 2.79. The third-order valence-electron chi connectivity index (χ3n) is 4.43. The fourth-order valence-electron chi connectivity index (χ4n) is 3.57. The molecule has 2 nitrogen and oxygen atoms in total. The average molecular weight is 225 g/mol. The highest BCUT2D eigenvalue weighted by Crippen LogP contribution is 2.50. The number of carbonyl (C=O) groups is 1. The third-order valence-corrected chi connectivity index (χ3v) is 4.43. The van der Waals surface area contributed by atoms with E-state index in [0.29, 0.717) is 0 Å². The normalized spacial score (nSPS) is 25.6. The first-order chi connectivity index (χ1) is 8.27. The van der Waals surface area contributed by atoms with Crippen molar-refractivity contribution in [2.45, 2.75) is 32.1 Å². The molecular formula is C15H15NO. The van der Waals surface area contributed by atoms with Gasteiger partial charge in [-0.2, -0.15) is 5.26 Å². The standard InChI is InChI=1S/C15H15NO/c16-10-13-14(17)12-6-2-1-5-11(12)9-15(13)7-3-4-8-15/h1-2,5-6,13H,3-4,7-9H2. The number of ketones is 1. The van der Waals surface area contributed by atoms with Gasteiger partial charge in [0.05, 0.1) is 6.07 Å².